The van der Waals surface area contributed by atoms with E-state index in [0.29, 0.717) is 0 Å². The minimum absolute atomic E-state index is 0.384. The van der Waals surface area contributed by atoms with E-state index in [1.54, 1.807) is 0 Å². The highest BCUT2D eigenvalue weighted by Gasteiger charge is 2.28. The summed E-state index contributed by atoms with van der Waals surface area (Å²) < 4.78 is 35.1. The van der Waals surface area contributed by atoms with Crippen LogP contribution in [0.15, 0.2) is 0 Å². The van der Waals surface area contributed by atoms with Gasteiger partial charge in [-0.25, -0.2) is 13.2 Å². The molecular weight excluding hydrogens is 161 g/mol. The number of alkyl halides is 3. The Morgan fingerprint density at radius 1 is 1.30 bits per heavy atom. The summed E-state index contributed by atoms with van der Waals surface area (Å²) in [5.41, 5.74) is 0. The largest absolute Gasteiger partial charge is 0.432 e. The lowest BCUT2D eigenvalue weighted by Gasteiger charge is -2.15. The molecule has 1 N–H and O–H groups in total. The average molecular weight is 172 g/mol. The van der Waals surface area contributed by atoms with Gasteiger partial charge in [0.15, 0.2) is 14.5 Å². The number of hydrogen-bond acceptors (Lipinski definition) is 1. The minimum Gasteiger partial charge on any atom is -0.432 e. The van der Waals surface area contributed by atoms with Crippen molar-refractivity contribution in [3.8, 4) is 0 Å². The zero-order valence-corrected chi connectivity index (χ0v) is 6.94. The third-order valence-electron chi connectivity index (χ3n) is 0.968. The molecule has 0 aliphatic carbocycles. The van der Waals surface area contributed by atoms with Gasteiger partial charge in [-0.1, -0.05) is 0 Å². The smallest absolute Gasteiger partial charge is 0.269 e. The minimum atomic E-state index is -2.96. The molecule has 0 aromatic carbocycles. The standard InChI is InChI=1S/C5H11F3OSi/c1-10(2,9)3-4(6)5(7)8/h4-5,9H,3H2,1-2H3. The monoisotopic (exact) mass is 172 g/mol. The second kappa shape index (κ2) is 3.38. The molecule has 0 heterocycles. The van der Waals surface area contributed by atoms with Crippen molar-refractivity contribution >= 4 is 8.32 Å². The van der Waals surface area contributed by atoms with E-state index in [1.165, 1.54) is 13.1 Å². The first-order chi connectivity index (χ1) is 4.33. The fourth-order valence-electron chi connectivity index (χ4n) is 0.566. The van der Waals surface area contributed by atoms with Crippen molar-refractivity contribution in [3.05, 3.63) is 0 Å². The zero-order chi connectivity index (χ0) is 8.36. The van der Waals surface area contributed by atoms with E-state index in [4.69, 9.17) is 4.80 Å². The van der Waals surface area contributed by atoms with Crippen LogP contribution in [0, 0.1) is 0 Å². The summed E-state index contributed by atoms with van der Waals surface area (Å²) in [6.07, 6.45) is -5.12. The Balaban J connectivity index is 3.68. The fraction of sp³-hybridized carbons (Fsp3) is 1.00. The topological polar surface area (TPSA) is 20.2 Å². The van der Waals surface area contributed by atoms with Gasteiger partial charge in [-0.2, -0.15) is 0 Å². The Hall–Kier alpha value is -0.0331. The molecule has 5 heteroatoms. The summed E-state index contributed by atoms with van der Waals surface area (Å²) in [7, 11) is -2.64. The Morgan fingerprint density at radius 2 is 1.70 bits per heavy atom. The molecule has 0 spiro atoms. The highest BCUT2D eigenvalue weighted by atomic mass is 28.4. The molecule has 0 amide bonds. The highest BCUT2D eigenvalue weighted by Crippen LogP contribution is 2.16. The van der Waals surface area contributed by atoms with Gasteiger partial charge in [-0.05, 0) is 13.1 Å². The van der Waals surface area contributed by atoms with E-state index in [0.717, 1.165) is 0 Å². The maximum atomic E-state index is 12.1. The van der Waals surface area contributed by atoms with Crippen LogP contribution in [0.4, 0.5) is 13.2 Å². The van der Waals surface area contributed by atoms with Crippen LogP contribution in [0.3, 0.4) is 0 Å². The number of hydrogen-bond donors (Lipinski definition) is 1. The third-order valence-corrected chi connectivity index (χ3v) is 2.36. The van der Waals surface area contributed by atoms with Gasteiger partial charge in [-0.15, -0.1) is 0 Å². The van der Waals surface area contributed by atoms with Gasteiger partial charge >= 0.3 is 0 Å². The average Bonchev–Trinajstić information content (AvgIpc) is 1.60. The third kappa shape index (κ3) is 4.81. The first-order valence-corrected chi connectivity index (χ1v) is 6.13. The van der Waals surface area contributed by atoms with Crippen LogP contribution < -0.4 is 0 Å². The summed E-state index contributed by atoms with van der Waals surface area (Å²) in [4.78, 5) is 9.00. The Bertz CT molecular complexity index is 102. The maximum Gasteiger partial charge on any atom is 0.269 e. The summed E-state index contributed by atoms with van der Waals surface area (Å²) in [5, 5.41) is 0. The summed E-state index contributed by atoms with van der Waals surface area (Å²) in [6, 6.07) is -0.384. The molecule has 0 bridgehead atoms. The Labute approximate surface area is 59.0 Å². The molecule has 0 saturated carbocycles. The first kappa shape index (κ1) is 9.97. The molecule has 10 heavy (non-hydrogen) atoms. The molecule has 0 saturated heterocycles. The molecule has 0 radical (unpaired) electrons. The molecule has 1 nitrogen and oxygen atoms in total. The van der Waals surface area contributed by atoms with Gasteiger partial charge in [0.05, 0.1) is 0 Å². The van der Waals surface area contributed by atoms with Crippen LogP contribution in [0.2, 0.25) is 19.1 Å². The second-order valence-electron chi connectivity index (χ2n) is 2.87. The first-order valence-electron chi connectivity index (χ1n) is 2.97. The van der Waals surface area contributed by atoms with Gasteiger partial charge in [0.1, 0.15) is 0 Å². The van der Waals surface area contributed by atoms with Crippen molar-refractivity contribution in [1.82, 2.24) is 0 Å². The zero-order valence-electron chi connectivity index (χ0n) is 5.94. The summed E-state index contributed by atoms with van der Waals surface area (Å²) in [5.74, 6) is 0. The Kier molecular flexibility index (Phi) is 3.37. The predicted molar refractivity (Wildman–Crippen MR) is 35.4 cm³/mol. The van der Waals surface area contributed by atoms with E-state index in [-0.39, 0.29) is 6.04 Å². The molecule has 62 valence electrons. The molecular formula is C5H11F3OSi. The van der Waals surface area contributed by atoms with Crippen molar-refractivity contribution in [1.29, 1.82) is 0 Å². The lowest BCUT2D eigenvalue weighted by Crippen LogP contribution is -2.31. The summed E-state index contributed by atoms with van der Waals surface area (Å²) >= 11 is 0. The molecule has 0 rings (SSSR count). The van der Waals surface area contributed by atoms with Crippen LogP contribution in [-0.4, -0.2) is 25.7 Å². The van der Waals surface area contributed by atoms with E-state index in [2.05, 4.69) is 0 Å². The van der Waals surface area contributed by atoms with E-state index in [9.17, 15) is 13.2 Å². The predicted octanol–water partition coefficient (Wildman–Crippen LogP) is 1.79. The van der Waals surface area contributed by atoms with E-state index >= 15 is 0 Å². The van der Waals surface area contributed by atoms with Gasteiger partial charge in [-0.3, -0.25) is 0 Å². The number of rotatable bonds is 3. The van der Waals surface area contributed by atoms with Crippen LogP contribution in [0.1, 0.15) is 0 Å². The van der Waals surface area contributed by atoms with Crippen LogP contribution in [-0.2, 0) is 0 Å². The highest BCUT2D eigenvalue weighted by molar-refractivity contribution is 6.69. The van der Waals surface area contributed by atoms with Gasteiger partial charge in [0.2, 0.25) is 0 Å². The van der Waals surface area contributed by atoms with Crippen molar-refractivity contribution in [2.24, 2.45) is 0 Å². The molecule has 0 aromatic rings. The van der Waals surface area contributed by atoms with Crippen LogP contribution in [0.5, 0.6) is 0 Å². The molecule has 0 fully saturated rings. The number of halogens is 3. The van der Waals surface area contributed by atoms with E-state index < -0.39 is 20.9 Å². The van der Waals surface area contributed by atoms with Crippen LogP contribution >= 0.6 is 0 Å². The molecule has 1 unspecified atom stereocenters. The SMILES string of the molecule is C[Si](C)(O)CC(F)C(F)F. The second-order valence-corrected chi connectivity index (χ2v) is 6.90. The van der Waals surface area contributed by atoms with Crippen LogP contribution in [0.25, 0.3) is 0 Å². The van der Waals surface area contributed by atoms with E-state index in [1.807, 2.05) is 0 Å². The van der Waals surface area contributed by atoms with Gasteiger partial charge in [0.25, 0.3) is 6.43 Å². The Morgan fingerprint density at radius 3 is 1.80 bits per heavy atom. The van der Waals surface area contributed by atoms with Crippen molar-refractivity contribution in [2.75, 3.05) is 0 Å². The molecule has 0 aliphatic rings. The van der Waals surface area contributed by atoms with Gasteiger partial charge < -0.3 is 4.80 Å². The quantitative estimate of drug-likeness (QED) is 0.643. The normalized spacial score (nSPS) is 15.9. The van der Waals surface area contributed by atoms with Gasteiger partial charge in [0, 0.05) is 6.04 Å². The summed E-state index contributed by atoms with van der Waals surface area (Å²) in [6.45, 7) is 2.86. The maximum absolute atomic E-state index is 12.1. The lowest BCUT2D eigenvalue weighted by molar-refractivity contribution is 0.0581. The fourth-order valence-corrected chi connectivity index (χ4v) is 1.70. The molecule has 0 aliphatic heterocycles. The molecule has 0 aromatic heterocycles. The van der Waals surface area contributed by atoms with Crippen molar-refractivity contribution in [3.63, 3.8) is 0 Å². The molecule has 1 atom stereocenters. The lowest BCUT2D eigenvalue weighted by atomic mass is 10.5. The van der Waals surface area contributed by atoms with Crippen molar-refractivity contribution in [2.45, 2.75) is 31.7 Å². The van der Waals surface area contributed by atoms with Crippen molar-refractivity contribution < 1.29 is 18.0 Å².